The van der Waals surface area contributed by atoms with E-state index in [1.165, 1.54) is 20.8 Å². The number of carboxylic acid groups (broad SMARTS) is 1. The third-order valence-electron chi connectivity index (χ3n) is 17.4. The number of aliphatic hydroxyl groups is 2. The molecule has 16 atom stereocenters. The number of carbonyl (C=O) groups excluding carboxylic acids is 14. The molecule has 43 heteroatoms. The standard InChI is InChI=1S/C70H113N23O18S2/c1-7-36(3)54(91-58(102)43(23-16-26-79-69(74)75)84-51(98)32-81-50(97)31-82-57(101)45(28-40-18-11-9-12-19-40)86-62(106)49(35-113)90-67(111)56(39(6)96)93-64(108)53(71)38(5)95)65(109)88-47(30-52(99)100)61(105)85-44(24-17-27-80-70(76)77)59(103)92-55(37(4)8-2)66(110)89-48(34-112)63(107)87-46(29-41-20-13-10-14-21-41)60(104)83-42(33-94)22-15-25-78-68(72)73/h9-14,18-21,33,36-39,42-49,53-56,95-96,112-113H,7-8,15-17,22-32,34-35,71H2,1-6H3,(H,81,97)(H,82,101)(H,83,104)(H,84,98)(H,85,105)(H,86,106)(H,87,107)(H,88,109)(H,89,110)(H,90,111)(H,91,102)(H,92,103)(H,93,108)(H,99,100)(H4,72,73,78)(H4,74,75,79)(H4,76,77,80)/t36-,37-,38+,39+,42-,43-,44-,45-,46-,47-,48-,49-,53-,54-,55-,56-/m0/s1. The highest BCUT2D eigenvalue weighted by molar-refractivity contribution is 7.80. The van der Waals surface area contributed by atoms with Crippen LogP contribution in [0.25, 0.3) is 0 Å². The van der Waals surface area contributed by atoms with Crippen molar-refractivity contribution in [3.05, 3.63) is 71.8 Å². The summed E-state index contributed by atoms with van der Waals surface area (Å²) in [6.45, 7) is 7.30. The maximum absolute atomic E-state index is 14.5. The fraction of sp³-hybridized carbons (Fsp3) is 0.571. The summed E-state index contributed by atoms with van der Waals surface area (Å²) in [5.74, 6) is -17.2. The van der Waals surface area contributed by atoms with Crippen LogP contribution in [0.2, 0.25) is 0 Å². The predicted octanol–water partition coefficient (Wildman–Crippen LogP) is -8.09. The number of rotatable bonds is 53. The van der Waals surface area contributed by atoms with E-state index in [-0.39, 0.29) is 107 Å². The Balaban J connectivity index is 2.41. The van der Waals surface area contributed by atoms with Crippen molar-refractivity contribution in [1.82, 2.24) is 69.1 Å². The number of carboxylic acids is 1. The number of hydrogen-bond acceptors (Lipinski definition) is 23. The van der Waals surface area contributed by atoms with Crippen molar-refractivity contribution in [2.75, 3.05) is 44.2 Å². The van der Waals surface area contributed by atoms with Gasteiger partial charge in [0.25, 0.3) is 0 Å². The first-order valence-electron chi connectivity index (χ1n) is 36.5. The number of carbonyl (C=O) groups is 15. The molecule has 628 valence electrons. The van der Waals surface area contributed by atoms with Crippen LogP contribution in [0.3, 0.4) is 0 Å². The van der Waals surface area contributed by atoms with Gasteiger partial charge in [-0.3, -0.25) is 82.1 Å². The molecule has 2 rings (SSSR count). The van der Waals surface area contributed by atoms with Gasteiger partial charge in [0.2, 0.25) is 76.8 Å². The first-order valence-corrected chi connectivity index (χ1v) is 37.8. The number of thiol groups is 2. The van der Waals surface area contributed by atoms with Crippen LogP contribution in [0.4, 0.5) is 0 Å². The van der Waals surface area contributed by atoms with E-state index in [0.29, 0.717) is 23.8 Å². The zero-order valence-corrected chi connectivity index (χ0v) is 65.8. The normalized spacial score (nSPS) is 15.2. The first kappa shape index (κ1) is 98.2. The van der Waals surface area contributed by atoms with Gasteiger partial charge in [0.05, 0.1) is 37.8 Å². The number of aliphatic carboxylic acids is 1. The number of nitrogens with zero attached hydrogens (tertiary/aromatic N) is 3. The number of amides is 13. The summed E-state index contributed by atoms with van der Waals surface area (Å²) in [4.78, 5) is 217. The number of hydrogen-bond donors (Lipinski definition) is 25. The van der Waals surface area contributed by atoms with Gasteiger partial charge in [-0.15, -0.1) is 0 Å². The second-order valence-corrected chi connectivity index (χ2v) is 27.4. The van der Waals surface area contributed by atoms with Gasteiger partial charge < -0.3 is 129 Å². The fourth-order valence-electron chi connectivity index (χ4n) is 10.6. The Morgan fingerprint density at radius 1 is 0.416 bits per heavy atom. The van der Waals surface area contributed by atoms with Crippen LogP contribution in [0.15, 0.2) is 75.6 Å². The molecule has 0 saturated heterocycles. The molecule has 0 unspecified atom stereocenters. The zero-order chi connectivity index (χ0) is 85.0. The molecule has 0 aliphatic carbocycles. The Labute approximate surface area is 665 Å². The van der Waals surface area contributed by atoms with Crippen LogP contribution in [-0.4, -0.2) is 251 Å². The van der Waals surface area contributed by atoms with E-state index in [0.717, 1.165) is 0 Å². The highest BCUT2D eigenvalue weighted by Gasteiger charge is 2.39. The minimum absolute atomic E-state index is 0.0121. The van der Waals surface area contributed by atoms with Crippen molar-refractivity contribution in [2.24, 2.45) is 66.9 Å². The topological polar surface area (TPSA) is 692 Å². The maximum Gasteiger partial charge on any atom is 0.305 e. The van der Waals surface area contributed by atoms with Crippen molar-refractivity contribution in [2.45, 2.75) is 197 Å². The Bertz CT molecular complexity index is 3570. The van der Waals surface area contributed by atoms with Crippen molar-refractivity contribution in [1.29, 1.82) is 0 Å². The third-order valence-corrected chi connectivity index (χ3v) is 18.2. The molecule has 0 radical (unpaired) electrons. The van der Waals surface area contributed by atoms with Crippen molar-refractivity contribution in [3.63, 3.8) is 0 Å². The van der Waals surface area contributed by atoms with Crippen molar-refractivity contribution < 1.29 is 87.2 Å². The molecule has 113 heavy (non-hydrogen) atoms. The molecule has 13 amide bonds. The van der Waals surface area contributed by atoms with Crippen LogP contribution >= 0.6 is 25.3 Å². The molecular formula is C70H113N23O18S2. The molecule has 0 bridgehead atoms. The second kappa shape index (κ2) is 52.3. The number of nitrogens with one attached hydrogen (secondary N) is 13. The van der Waals surface area contributed by atoms with E-state index >= 15 is 0 Å². The van der Waals surface area contributed by atoms with E-state index in [1.807, 2.05) is 0 Å². The van der Waals surface area contributed by atoms with E-state index in [4.69, 9.17) is 40.1 Å². The summed E-state index contributed by atoms with van der Waals surface area (Å²) in [7, 11) is 0. The quantitative estimate of drug-likeness (QED) is 0.00962. The van der Waals surface area contributed by atoms with E-state index in [9.17, 15) is 87.2 Å². The monoisotopic (exact) mass is 1630 g/mol. The minimum atomic E-state index is -1.98. The molecule has 2 aromatic carbocycles. The Kier molecular flexibility index (Phi) is 45.5. The zero-order valence-electron chi connectivity index (χ0n) is 64.1. The molecule has 0 spiro atoms. The average molecular weight is 1630 g/mol. The van der Waals surface area contributed by atoms with Gasteiger partial charge >= 0.3 is 5.97 Å². The highest BCUT2D eigenvalue weighted by atomic mass is 32.1. The molecule has 0 fully saturated rings. The SMILES string of the molecule is CC[C@H](C)[C@H](NC(=O)[C@H](CCCN=C(N)N)NC(=O)CNC(=O)CNC(=O)[C@H](Cc1ccccc1)NC(=O)[C@H](CS)NC(=O)[C@@H](NC(=O)[C@@H](N)[C@@H](C)O)[C@@H](C)O)C(=O)N[C@@H](CC(=O)O)C(=O)N[C@@H](CCCN=C(N)N)C(=O)N[C@H](C(=O)N[C@@H](CS)C(=O)N[C@@H](Cc1ccccc1)C(=O)N[C@H](C=O)CCCN=C(N)N)[C@@H](C)CC. The van der Waals surface area contributed by atoms with Crippen LogP contribution < -0.4 is 109 Å². The number of guanidine groups is 3. The lowest BCUT2D eigenvalue weighted by Gasteiger charge is -2.30. The van der Waals surface area contributed by atoms with Gasteiger partial charge in [0.15, 0.2) is 17.9 Å². The van der Waals surface area contributed by atoms with Gasteiger partial charge in [-0.25, -0.2) is 0 Å². The molecular weight excluding hydrogens is 1520 g/mol. The third kappa shape index (κ3) is 37.8. The van der Waals surface area contributed by atoms with Gasteiger partial charge in [0.1, 0.15) is 72.7 Å². The predicted molar refractivity (Wildman–Crippen MR) is 424 cm³/mol. The average Bonchev–Trinajstić information content (AvgIpc) is 0.846. The number of aliphatic imine (C=N–C) groups is 3. The van der Waals surface area contributed by atoms with Gasteiger partial charge in [-0.2, -0.15) is 25.3 Å². The second-order valence-electron chi connectivity index (χ2n) is 26.7. The van der Waals surface area contributed by atoms with Crippen molar-refractivity contribution >= 4 is 132 Å². The molecule has 0 heterocycles. The molecule has 0 aliphatic heterocycles. The molecule has 0 aliphatic rings. The summed E-state index contributed by atoms with van der Waals surface area (Å²) < 4.78 is 0. The summed E-state index contributed by atoms with van der Waals surface area (Å²) in [6, 6.07) is -1.03. The fourth-order valence-corrected chi connectivity index (χ4v) is 11.1. The number of aldehydes is 1. The Morgan fingerprint density at radius 2 is 0.770 bits per heavy atom. The summed E-state index contributed by atoms with van der Waals surface area (Å²) >= 11 is 8.49. The summed E-state index contributed by atoms with van der Waals surface area (Å²) in [5, 5.41) is 62.3. The number of nitrogens with two attached hydrogens (primary N) is 7. The van der Waals surface area contributed by atoms with Crippen LogP contribution in [0.5, 0.6) is 0 Å². The van der Waals surface area contributed by atoms with Crippen LogP contribution in [0, 0.1) is 11.8 Å². The Hall–Kier alpha value is -10.9. The molecule has 0 saturated carbocycles. The van der Waals surface area contributed by atoms with Crippen molar-refractivity contribution in [3.8, 4) is 0 Å². The van der Waals surface area contributed by atoms with Crippen LogP contribution in [0.1, 0.15) is 110 Å². The lowest BCUT2D eigenvalue weighted by Crippen LogP contribution is -2.62. The van der Waals surface area contributed by atoms with Gasteiger partial charge in [-0.1, -0.05) is 101 Å². The number of aliphatic hydroxyl groups excluding tert-OH is 2. The maximum atomic E-state index is 14.5. The molecule has 41 nitrogen and oxygen atoms in total. The lowest BCUT2D eigenvalue weighted by molar-refractivity contribution is -0.142. The Morgan fingerprint density at radius 3 is 1.17 bits per heavy atom. The van der Waals surface area contributed by atoms with Gasteiger partial charge in [-0.05, 0) is 75.3 Å². The lowest BCUT2D eigenvalue weighted by atomic mass is 9.96. The molecule has 30 N–H and O–H groups in total. The van der Waals surface area contributed by atoms with E-state index < -0.39 is 199 Å². The van der Waals surface area contributed by atoms with E-state index in [2.05, 4.69) is 109 Å². The molecule has 0 aromatic heterocycles. The number of benzene rings is 2. The first-order chi connectivity index (χ1) is 53.4. The van der Waals surface area contributed by atoms with Crippen LogP contribution in [-0.2, 0) is 84.8 Å². The summed E-state index contributed by atoms with van der Waals surface area (Å²) in [6.07, 6.45) is -3.21. The summed E-state index contributed by atoms with van der Waals surface area (Å²) in [5.41, 5.74) is 39.8. The molecule has 2 aromatic rings. The smallest absolute Gasteiger partial charge is 0.305 e. The largest absolute Gasteiger partial charge is 0.481 e. The van der Waals surface area contributed by atoms with E-state index in [1.54, 1.807) is 81.4 Å². The highest BCUT2D eigenvalue weighted by Crippen LogP contribution is 2.15. The minimum Gasteiger partial charge on any atom is -0.481 e. The van der Waals surface area contributed by atoms with Gasteiger partial charge in [0, 0.05) is 44.0 Å².